The standard InChI is InChI=1S/C27H27IN2O2/c1-2-20-16-22(32-18-19-8-4-3-5-9-19)12-14-23(20)21-11-13-24-25(17-21)30(29-27(24)28)26-10-6-7-15-31-26/h3-5,8-9,11-14,16-17,26H,2,6-7,10,15,18H2,1H3. The van der Waals surface area contributed by atoms with Crippen molar-refractivity contribution in [3.8, 4) is 16.9 Å². The lowest BCUT2D eigenvalue weighted by molar-refractivity contribution is -0.0368. The number of aromatic nitrogens is 2. The number of fused-ring (bicyclic) bond motifs is 1. The van der Waals surface area contributed by atoms with Gasteiger partial charge in [-0.05, 0) is 94.8 Å². The lowest BCUT2D eigenvalue weighted by Crippen LogP contribution is -2.19. The molecular weight excluding hydrogens is 511 g/mol. The molecule has 164 valence electrons. The van der Waals surface area contributed by atoms with E-state index in [0.29, 0.717) is 6.61 Å². The fraction of sp³-hybridized carbons (Fsp3) is 0.296. The average molecular weight is 538 g/mol. The second kappa shape index (κ2) is 9.63. The highest BCUT2D eigenvalue weighted by Crippen LogP contribution is 2.34. The summed E-state index contributed by atoms with van der Waals surface area (Å²) in [5, 5.41) is 6.00. The zero-order chi connectivity index (χ0) is 21.9. The van der Waals surface area contributed by atoms with Crippen LogP contribution in [-0.4, -0.2) is 16.4 Å². The summed E-state index contributed by atoms with van der Waals surface area (Å²) in [4.78, 5) is 0. The predicted octanol–water partition coefficient (Wildman–Crippen LogP) is 7.15. The maximum absolute atomic E-state index is 6.07. The Balaban J connectivity index is 1.46. The molecule has 1 aliphatic rings. The number of ether oxygens (including phenoxy) is 2. The first-order valence-corrected chi connectivity index (χ1v) is 12.4. The molecule has 5 rings (SSSR count). The van der Waals surface area contributed by atoms with Crippen molar-refractivity contribution >= 4 is 33.5 Å². The van der Waals surface area contributed by atoms with Gasteiger partial charge in [0.15, 0.2) is 6.23 Å². The van der Waals surface area contributed by atoms with Gasteiger partial charge in [-0.1, -0.05) is 49.4 Å². The molecular formula is C27H27IN2O2. The van der Waals surface area contributed by atoms with Crippen molar-refractivity contribution in [2.75, 3.05) is 6.61 Å². The maximum atomic E-state index is 6.07. The highest BCUT2D eigenvalue weighted by Gasteiger charge is 2.21. The second-order valence-corrected chi connectivity index (χ2v) is 9.26. The van der Waals surface area contributed by atoms with Crippen molar-refractivity contribution < 1.29 is 9.47 Å². The zero-order valence-electron chi connectivity index (χ0n) is 18.3. The second-order valence-electron chi connectivity index (χ2n) is 8.24. The molecule has 1 fully saturated rings. The fourth-order valence-corrected chi connectivity index (χ4v) is 5.07. The largest absolute Gasteiger partial charge is 0.489 e. The van der Waals surface area contributed by atoms with Gasteiger partial charge in [0.25, 0.3) is 0 Å². The van der Waals surface area contributed by atoms with E-state index in [1.54, 1.807) is 0 Å². The molecule has 4 aromatic rings. The zero-order valence-corrected chi connectivity index (χ0v) is 20.4. The Labute approximate surface area is 202 Å². The van der Waals surface area contributed by atoms with Crippen LogP contribution in [0.25, 0.3) is 22.0 Å². The molecule has 5 heteroatoms. The van der Waals surface area contributed by atoms with E-state index in [4.69, 9.17) is 14.6 Å². The van der Waals surface area contributed by atoms with Crippen LogP contribution in [0.5, 0.6) is 5.75 Å². The van der Waals surface area contributed by atoms with Crippen LogP contribution in [0, 0.1) is 3.70 Å². The molecule has 0 N–H and O–H groups in total. The quantitative estimate of drug-likeness (QED) is 0.245. The van der Waals surface area contributed by atoms with Crippen molar-refractivity contribution in [3.05, 3.63) is 81.6 Å². The fourth-order valence-electron chi connectivity index (χ4n) is 4.38. The first kappa shape index (κ1) is 21.5. The van der Waals surface area contributed by atoms with E-state index in [9.17, 15) is 0 Å². The third kappa shape index (κ3) is 4.41. The van der Waals surface area contributed by atoms with Gasteiger partial charge < -0.3 is 9.47 Å². The smallest absolute Gasteiger partial charge is 0.150 e. The predicted molar refractivity (Wildman–Crippen MR) is 137 cm³/mol. The summed E-state index contributed by atoms with van der Waals surface area (Å²) in [6.45, 7) is 3.59. The normalized spacial score (nSPS) is 16.4. The summed E-state index contributed by atoms with van der Waals surface area (Å²) >= 11 is 2.33. The number of nitrogens with zero attached hydrogens (tertiary/aromatic N) is 2. The number of rotatable bonds is 6. The minimum absolute atomic E-state index is 0.0319. The molecule has 1 aliphatic heterocycles. The number of halogens is 1. The van der Waals surface area contributed by atoms with E-state index in [0.717, 1.165) is 40.8 Å². The van der Waals surface area contributed by atoms with E-state index >= 15 is 0 Å². The molecule has 1 atom stereocenters. The lowest BCUT2D eigenvalue weighted by atomic mass is 9.97. The van der Waals surface area contributed by atoms with E-state index < -0.39 is 0 Å². The first-order valence-electron chi connectivity index (χ1n) is 11.3. The molecule has 0 spiro atoms. The van der Waals surface area contributed by atoms with Crippen molar-refractivity contribution in [2.24, 2.45) is 0 Å². The Morgan fingerprint density at radius 2 is 1.94 bits per heavy atom. The van der Waals surface area contributed by atoms with Crippen LogP contribution in [0.4, 0.5) is 0 Å². The van der Waals surface area contributed by atoms with Gasteiger partial charge in [0.2, 0.25) is 0 Å². The highest BCUT2D eigenvalue weighted by atomic mass is 127. The molecule has 1 aromatic heterocycles. The summed E-state index contributed by atoms with van der Waals surface area (Å²) in [6.07, 6.45) is 4.32. The van der Waals surface area contributed by atoms with Crippen LogP contribution in [-0.2, 0) is 17.8 Å². The Bertz CT molecular complexity index is 1210. The van der Waals surface area contributed by atoms with Gasteiger partial charge in [0.05, 0.1) is 5.52 Å². The van der Waals surface area contributed by atoms with Crippen LogP contribution in [0.3, 0.4) is 0 Å². The van der Waals surface area contributed by atoms with Crippen LogP contribution in [0.1, 0.15) is 43.5 Å². The Morgan fingerprint density at radius 1 is 1.06 bits per heavy atom. The third-order valence-corrected chi connectivity index (χ3v) is 6.90. The third-order valence-electron chi connectivity index (χ3n) is 6.11. The van der Waals surface area contributed by atoms with Crippen molar-refractivity contribution in [3.63, 3.8) is 0 Å². The summed E-state index contributed by atoms with van der Waals surface area (Å²) < 4.78 is 15.2. The van der Waals surface area contributed by atoms with Crippen molar-refractivity contribution in [1.29, 1.82) is 0 Å². The van der Waals surface area contributed by atoms with Crippen molar-refractivity contribution in [2.45, 2.75) is 45.4 Å². The summed E-state index contributed by atoms with van der Waals surface area (Å²) in [6, 6.07) is 23.4. The molecule has 1 unspecified atom stereocenters. The number of hydrogen-bond donors (Lipinski definition) is 0. The van der Waals surface area contributed by atoms with Gasteiger partial charge in [-0.25, -0.2) is 4.68 Å². The van der Waals surface area contributed by atoms with Crippen LogP contribution >= 0.6 is 22.6 Å². The molecule has 2 heterocycles. The molecule has 3 aromatic carbocycles. The van der Waals surface area contributed by atoms with E-state index in [1.165, 1.54) is 34.1 Å². The molecule has 32 heavy (non-hydrogen) atoms. The minimum Gasteiger partial charge on any atom is -0.489 e. The lowest BCUT2D eigenvalue weighted by Gasteiger charge is -2.23. The minimum atomic E-state index is 0.0319. The molecule has 0 amide bonds. The number of benzene rings is 3. The average Bonchev–Trinajstić information content (AvgIpc) is 3.19. The van der Waals surface area contributed by atoms with E-state index in [-0.39, 0.29) is 6.23 Å². The first-order chi connectivity index (χ1) is 15.7. The van der Waals surface area contributed by atoms with Gasteiger partial charge in [0.1, 0.15) is 16.1 Å². The monoisotopic (exact) mass is 538 g/mol. The Morgan fingerprint density at radius 3 is 2.72 bits per heavy atom. The number of aryl methyl sites for hydroxylation is 1. The van der Waals surface area contributed by atoms with Gasteiger partial charge in [-0.3, -0.25) is 0 Å². The van der Waals surface area contributed by atoms with Crippen LogP contribution in [0.2, 0.25) is 0 Å². The molecule has 0 bridgehead atoms. The molecule has 0 saturated carbocycles. The molecule has 0 aliphatic carbocycles. The van der Waals surface area contributed by atoms with Gasteiger partial charge in [0, 0.05) is 12.0 Å². The van der Waals surface area contributed by atoms with Gasteiger partial charge in [-0.2, -0.15) is 5.10 Å². The number of hydrogen-bond acceptors (Lipinski definition) is 3. The summed E-state index contributed by atoms with van der Waals surface area (Å²) in [7, 11) is 0. The van der Waals surface area contributed by atoms with Crippen molar-refractivity contribution in [1.82, 2.24) is 9.78 Å². The summed E-state index contributed by atoms with van der Waals surface area (Å²) in [5.41, 5.74) is 6.05. The van der Waals surface area contributed by atoms with Crippen LogP contribution in [0.15, 0.2) is 66.7 Å². The SMILES string of the molecule is CCc1cc(OCc2ccccc2)ccc1-c1ccc2c(I)nn(C3CCCCO3)c2c1. The summed E-state index contributed by atoms with van der Waals surface area (Å²) in [5.74, 6) is 0.908. The highest BCUT2D eigenvalue weighted by molar-refractivity contribution is 14.1. The molecule has 0 radical (unpaired) electrons. The Hall–Kier alpha value is -2.38. The maximum Gasteiger partial charge on any atom is 0.150 e. The van der Waals surface area contributed by atoms with Gasteiger partial charge >= 0.3 is 0 Å². The molecule has 1 saturated heterocycles. The van der Waals surface area contributed by atoms with E-state index in [1.807, 2.05) is 18.2 Å². The topological polar surface area (TPSA) is 36.3 Å². The van der Waals surface area contributed by atoms with Crippen LogP contribution < -0.4 is 4.74 Å². The van der Waals surface area contributed by atoms with Gasteiger partial charge in [-0.15, -0.1) is 0 Å². The Kier molecular flexibility index (Phi) is 6.46. The van der Waals surface area contributed by atoms with E-state index in [2.05, 4.69) is 82.7 Å². The molecule has 4 nitrogen and oxygen atoms in total.